The lowest BCUT2D eigenvalue weighted by Gasteiger charge is -2.16. The van der Waals surface area contributed by atoms with E-state index in [0.29, 0.717) is 11.4 Å². The second-order valence-electron chi connectivity index (χ2n) is 5.79. The first-order valence-electron chi connectivity index (χ1n) is 7.65. The minimum atomic E-state index is -0.0571. The zero-order valence-electron chi connectivity index (χ0n) is 12.9. The van der Waals surface area contributed by atoms with Crippen molar-refractivity contribution in [1.82, 2.24) is 10.3 Å². The lowest BCUT2D eigenvalue weighted by Crippen LogP contribution is -2.31. The third kappa shape index (κ3) is 2.98. The van der Waals surface area contributed by atoms with Crippen LogP contribution in [-0.2, 0) is 0 Å². The summed E-state index contributed by atoms with van der Waals surface area (Å²) in [5.74, 6) is -0.0562. The lowest BCUT2D eigenvalue weighted by molar-refractivity contribution is 0.0939. The number of thiazole rings is 1. The Kier molecular flexibility index (Phi) is 4.38. The van der Waals surface area contributed by atoms with Gasteiger partial charge in [0.05, 0.1) is 16.2 Å². The molecule has 0 saturated heterocycles. The molecule has 0 aliphatic heterocycles. The molecule has 1 amide bonds. The van der Waals surface area contributed by atoms with Crippen molar-refractivity contribution in [3.05, 3.63) is 10.9 Å². The molecule has 3 rings (SSSR count). The topological polar surface area (TPSA) is 65.5 Å². The normalized spacial score (nSPS) is 16.0. The van der Waals surface area contributed by atoms with E-state index in [9.17, 15) is 9.90 Å². The van der Waals surface area contributed by atoms with Crippen LogP contribution in [0.15, 0.2) is 6.07 Å². The fourth-order valence-corrected chi connectivity index (χ4v) is 4.64. The summed E-state index contributed by atoms with van der Waals surface area (Å²) in [6.45, 7) is 6.83. The summed E-state index contributed by atoms with van der Waals surface area (Å²) in [5.41, 5.74) is -0.0571. The number of nitrogens with one attached hydrogen (secondary N) is 1. The van der Waals surface area contributed by atoms with Gasteiger partial charge in [0.1, 0.15) is 4.83 Å². The molecular weight excluding hydrogens is 318 g/mol. The zero-order valence-corrected chi connectivity index (χ0v) is 14.5. The second kappa shape index (κ2) is 6.14. The monoisotopic (exact) mass is 339 g/mol. The number of hydrogen-bond acceptors (Lipinski definition) is 6. The number of carbonyl (C=O) groups excluding carboxylic acids is 1. The van der Waals surface area contributed by atoms with Crippen molar-refractivity contribution < 1.29 is 9.90 Å². The largest absolute Gasteiger partial charge is 0.396 e. The highest BCUT2D eigenvalue weighted by molar-refractivity contribution is 7.29. The number of nitrogens with zero attached hydrogens (tertiary/aromatic N) is 2. The van der Waals surface area contributed by atoms with Gasteiger partial charge in [-0.25, -0.2) is 4.98 Å². The van der Waals surface area contributed by atoms with Gasteiger partial charge in [0, 0.05) is 25.0 Å². The Balaban J connectivity index is 1.69. The van der Waals surface area contributed by atoms with Crippen molar-refractivity contribution in [2.75, 3.05) is 31.1 Å². The SMILES string of the molecule is CCN(CC)c1nc2sc(C(=O)NCC3(CO)CC3)cc2s1. The number of rotatable bonds is 7. The van der Waals surface area contributed by atoms with Crippen LogP contribution >= 0.6 is 22.7 Å². The first-order valence-corrected chi connectivity index (χ1v) is 9.28. The first-order chi connectivity index (χ1) is 10.6. The van der Waals surface area contributed by atoms with E-state index in [1.54, 1.807) is 11.3 Å². The maximum absolute atomic E-state index is 12.2. The fraction of sp³-hybridized carbons (Fsp3) is 0.600. The molecule has 5 nitrogen and oxygen atoms in total. The maximum atomic E-state index is 12.2. The maximum Gasteiger partial charge on any atom is 0.261 e. The molecule has 2 aromatic heterocycles. The van der Waals surface area contributed by atoms with E-state index in [4.69, 9.17) is 0 Å². The van der Waals surface area contributed by atoms with Gasteiger partial charge in [-0.3, -0.25) is 4.79 Å². The molecule has 1 fully saturated rings. The fourth-order valence-electron chi connectivity index (χ4n) is 2.39. The van der Waals surface area contributed by atoms with Crippen LogP contribution in [0.25, 0.3) is 9.53 Å². The molecule has 0 atom stereocenters. The molecule has 1 aliphatic carbocycles. The van der Waals surface area contributed by atoms with Crippen LogP contribution in [0.1, 0.15) is 36.4 Å². The van der Waals surface area contributed by atoms with Gasteiger partial charge in [0.15, 0.2) is 5.13 Å². The van der Waals surface area contributed by atoms with E-state index in [-0.39, 0.29) is 17.9 Å². The molecule has 1 aliphatic rings. The van der Waals surface area contributed by atoms with E-state index in [2.05, 4.69) is 29.0 Å². The number of aliphatic hydroxyl groups excluding tert-OH is 1. The predicted octanol–water partition coefficient (Wildman–Crippen LogP) is 2.71. The third-order valence-corrected chi connectivity index (χ3v) is 6.47. The number of carbonyl (C=O) groups is 1. The molecule has 0 unspecified atom stereocenters. The molecule has 120 valence electrons. The predicted molar refractivity (Wildman–Crippen MR) is 92.1 cm³/mol. The van der Waals surface area contributed by atoms with Gasteiger partial charge >= 0.3 is 0 Å². The summed E-state index contributed by atoms with van der Waals surface area (Å²) in [6.07, 6.45) is 2.00. The van der Waals surface area contributed by atoms with Gasteiger partial charge < -0.3 is 15.3 Å². The highest BCUT2D eigenvalue weighted by Gasteiger charge is 2.42. The first kappa shape index (κ1) is 15.7. The molecule has 0 bridgehead atoms. The molecule has 0 spiro atoms. The van der Waals surface area contributed by atoms with Crippen LogP contribution in [0.5, 0.6) is 0 Å². The van der Waals surface area contributed by atoms with Crippen LogP contribution in [0.4, 0.5) is 5.13 Å². The zero-order chi connectivity index (χ0) is 15.7. The number of amides is 1. The van der Waals surface area contributed by atoms with Crippen molar-refractivity contribution in [3.63, 3.8) is 0 Å². The summed E-state index contributed by atoms with van der Waals surface area (Å²) in [4.78, 5) is 20.7. The van der Waals surface area contributed by atoms with Crippen LogP contribution in [0.2, 0.25) is 0 Å². The van der Waals surface area contributed by atoms with Crippen LogP contribution < -0.4 is 10.2 Å². The summed E-state index contributed by atoms with van der Waals surface area (Å²) in [6, 6.07) is 1.93. The van der Waals surface area contributed by atoms with Crippen LogP contribution in [0, 0.1) is 5.41 Å². The summed E-state index contributed by atoms with van der Waals surface area (Å²) >= 11 is 3.08. The smallest absolute Gasteiger partial charge is 0.261 e. The van der Waals surface area contributed by atoms with Gasteiger partial charge in [-0.05, 0) is 32.8 Å². The highest BCUT2D eigenvalue weighted by Crippen LogP contribution is 2.44. The molecule has 1 saturated carbocycles. The van der Waals surface area contributed by atoms with Crippen molar-refractivity contribution in [1.29, 1.82) is 0 Å². The van der Waals surface area contributed by atoms with Crippen LogP contribution in [-0.4, -0.2) is 42.2 Å². The van der Waals surface area contributed by atoms with E-state index in [1.807, 2.05) is 6.07 Å². The molecular formula is C15H21N3O2S2. The molecule has 2 heterocycles. The Hall–Kier alpha value is -1.18. The van der Waals surface area contributed by atoms with Gasteiger partial charge in [0.2, 0.25) is 0 Å². The average Bonchev–Trinajstić information content (AvgIpc) is 3.04. The molecule has 0 aromatic carbocycles. The summed E-state index contributed by atoms with van der Waals surface area (Å²) in [5, 5.41) is 13.3. The Labute approximate surface area is 138 Å². The molecule has 0 radical (unpaired) electrons. The van der Waals surface area contributed by atoms with Crippen LogP contribution in [0.3, 0.4) is 0 Å². The Morgan fingerprint density at radius 3 is 2.68 bits per heavy atom. The lowest BCUT2D eigenvalue weighted by atomic mass is 10.1. The third-order valence-electron chi connectivity index (χ3n) is 4.25. The van der Waals surface area contributed by atoms with E-state index >= 15 is 0 Å². The average molecular weight is 339 g/mol. The number of hydrogen-bond donors (Lipinski definition) is 2. The number of aromatic nitrogens is 1. The number of thiophene rings is 1. The Bertz CT molecular complexity index is 640. The van der Waals surface area contributed by atoms with E-state index in [0.717, 1.165) is 40.6 Å². The minimum absolute atomic E-state index is 0.0562. The van der Waals surface area contributed by atoms with Gasteiger partial charge in [-0.15, -0.1) is 11.3 Å². The van der Waals surface area contributed by atoms with Crippen molar-refractivity contribution >= 4 is 43.2 Å². The number of aliphatic hydroxyl groups is 1. The molecule has 7 heteroatoms. The standard InChI is InChI=1S/C15H21N3O2S2/c1-3-18(4-2)14-17-13-11(22-14)7-10(21-13)12(20)16-8-15(9-19)5-6-15/h7,19H,3-6,8-9H2,1-2H3,(H,16,20). The van der Waals surface area contributed by atoms with Crippen molar-refractivity contribution in [2.24, 2.45) is 5.41 Å². The van der Waals surface area contributed by atoms with E-state index in [1.165, 1.54) is 11.3 Å². The van der Waals surface area contributed by atoms with Crippen molar-refractivity contribution in [3.8, 4) is 0 Å². The Morgan fingerprint density at radius 1 is 1.41 bits per heavy atom. The number of anilines is 1. The second-order valence-corrected chi connectivity index (χ2v) is 7.83. The van der Waals surface area contributed by atoms with Crippen molar-refractivity contribution in [2.45, 2.75) is 26.7 Å². The molecule has 2 aromatic rings. The highest BCUT2D eigenvalue weighted by atomic mass is 32.1. The van der Waals surface area contributed by atoms with E-state index < -0.39 is 0 Å². The number of fused-ring (bicyclic) bond motifs is 1. The summed E-state index contributed by atoms with van der Waals surface area (Å²) in [7, 11) is 0. The van der Waals surface area contributed by atoms with Gasteiger partial charge in [-0.1, -0.05) is 11.3 Å². The Morgan fingerprint density at radius 2 is 2.14 bits per heavy atom. The quantitative estimate of drug-likeness (QED) is 0.814. The van der Waals surface area contributed by atoms with Gasteiger partial charge in [0.25, 0.3) is 5.91 Å². The molecule has 22 heavy (non-hydrogen) atoms. The minimum Gasteiger partial charge on any atom is -0.396 e. The molecule has 2 N–H and O–H groups in total. The van der Waals surface area contributed by atoms with Gasteiger partial charge in [-0.2, -0.15) is 0 Å². The summed E-state index contributed by atoms with van der Waals surface area (Å²) < 4.78 is 1.07.